The molecule has 1 aliphatic rings. The summed E-state index contributed by atoms with van der Waals surface area (Å²) in [5.74, 6) is 1.39. The quantitative estimate of drug-likeness (QED) is 0.942. The molecule has 0 unspecified atom stereocenters. The van der Waals surface area contributed by atoms with Gasteiger partial charge in [-0.25, -0.2) is 0 Å². The van der Waals surface area contributed by atoms with Gasteiger partial charge in [0, 0.05) is 12.5 Å². The highest BCUT2D eigenvalue weighted by atomic mass is 16.5. The molecule has 0 fully saturated rings. The Kier molecular flexibility index (Phi) is 4.65. The normalized spacial score (nSPS) is 16.3. The molecular formula is C20H23NO2. The Bertz CT molecular complexity index is 709. The smallest absolute Gasteiger partial charge is 0.224 e. The Morgan fingerprint density at radius 1 is 1.17 bits per heavy atom. The molecule has 0 aromatic heterocycles. The number of hydrogen-bond acceptors (Lipinski definition) is 2. The van der Waals surface area contributed by atoms with Gasteiger partial charge in [0.15, 0.2) is 0 Å². The van der Waals surface area contributed by atoms with Gasteiger partial charge in [-0.3, -0.25) is 4.79 Å². The molecule has 1 atom stereocenters. The summed E-state index contributed by atoms with van der Waals surface area (Å²) in [4.78, 5) is 12.1. The minimum Gasteiger partial charge on any atom is -0.493 e. The topological polar surface area (TPSA) is 38.3 Å². The highest BCUT2D eigenvalue weighted by Crippen LogP contribution is 2.26. The average Bonchev–Trinajstić information content (AvgIpc) is 2.56. The largest absolute Gasteiger partial charge is 0.493 e. The first-order valence-electron chi connectivity index (χ1n) is 8.15. The van der Waals surface area contributed by atoms with Crippen LogP contribution in [0.25, 0.3) is 0 Å². The summed E-state index contributed by atoms with van der Waals surface area (Å²) in [6.07, 6.45) is 1.39. The maximum atomic E-state index is 12.1. The number of carbonyl (C=O) groups excluding carboxylic acids is 1. The number of fused-ring (bicyclic) bond motifs is 1. The standard InChI is InChI=1S/C20H23NO2/c1-14-7-8-16(9-15(14)2)11-20(22)21-12-17-10-18-5-3-4-6-19(18)23-13-17/h3-9,17H,10-13H2,1-2H3,(H,21,22)/t17-/m0/s1. The molecule has 0 aliphatic carbocycles. The van der Waals surface area contributed by atoms with Crippen LogP contribution in [0.3, 0.4) is 0 Å². The van der Waals surface area contributed by atoms with Crippen LogP contribution in [0.5, 0.6) is 5.75 Å². The summed E-state index contributed by atoms with van der Waals surface area (Å²) in [6.45, 7) is 5.49. The number of amides is 1. The van der Waals surface area contributed by atoms with E-state index in [1.54, 1.807) is 0 Å². The van der Waals surface area contributed by atoms with Crippen molar-refractivity contribution in [2.24, 2.45) is 5.92 Å². The van der Waals surface area contributed by atoms with Gasteiger partial charge < -0.3 is 10.1 Å². The molecule has 0 saturated heterocycles. The summed E-state index contributed by atoms with van der Waals surface area (Å²) in [7, 11) is 0. The SMILES string of the molecule is Cc1ccc(CC(=O)NC[C@H]2COc3ccccc3C2)cc1C. The fourth-order valence-corrected chi connectivity index (χ4v) is 2.94. The zero-order valence-electron chi connectivity index (χ0n) is 13.8. The molecule has 2 aromatic rings. The number of para-hydroxylation sites is 1. The van der Waals surface area contributed by atoms with Crippen LogP contribution in [0.15, 0.2) is 42.5 Å². The number of ether oxygens (including phenoxy) is 1. The van der Waals surface area contributed by atoms with E-state index in [1.807, 2.05) is 24.3 Å². The molecule has 3 heteroatoms. The van der Waals surface area contributed by atoms with E-state index in [0.717, 1.165) is 17.7 Å². The van der Waals surface area contributed by atoms with Crippen molar-refractivity contribution in [2.75, 3.05) is 13.2 Å². The molecule has 1 N–H and O–H groups in total. The zero-order chi connectivity index (χ0) is 16.2. The Balaban J connectivity index is 1.51. The van der Waals surface area contributed by atoms with Gasteiger partial charge in [-0.1, -0.05) is 36.4 Å². The van der Waals surface area contributed by atoms with E-state index in [1.165, 1.54) is 16.7 Å². The lowest BCUT2D eigenvalue weighted by atomic mass is 9.96. The lowest BCUT2D eigenvalue weighted by Gasteiger charge is -2.25. The fourth-order valence-electron chi connectivity index (χ4n) is 2.94. The number of hydrogen-bond donors (Lipinski definition) is 1. The summed E-state index contributed by atoms with van der Waals surface area (Å²) < 4.78 is 5.76. The van der Waals surface area contributed by atoms with Crippen LogP contribution in [0.2, 0.25) is 0 Å². The van der Waals surface area contributed by atoms with Crippen LogP contribution < -0.4 is 10.1 Å². The molecule has 0 saturated carbocycles. The number of carbonyl (C=O) groups is 1. The minimum absolute atomic E-state index is 0.0760. The van der Waals surface area contributed by atoms with Crippen molar-refractivity contribution in [3.05, 3.63) is 64.7 Å². The lowest BCUT2D eigenvalue weighted by Crippen LogP contribution is -2.35. The molecular weight excluding hydrogens is 286 g/mol. The van der Waals surface area contributed by atoms with Crippen molar-refractivity contribution in [2.45, 2.75) is 26.7 Å². The predicted molar refractivity (Wildman–Crippen MR) is 91.8 cm³/mol. The Morgan fingerprint density at radius 3 is 2.83 bits per heavy atom. The van der Waals surface area contributed by atoms with Gasteiger partial charge in [0.1, 0.15) is 5.75 Å². The third kappa shape index (κ3) is 3.92. The van der Waals surface area contributed by atoms with E-state index < -0.39 is 0 Å². The van der Waals surface area contributed by atoms with Crippen molar-refractivity contribution in [3.63, 3.8) is 0 Å². The number of aryl methyl sites for hydroxylation is 2. The molecule has 3 nitrogen and oxygen atoms in total. The summed E-state index contributed by atoms with van der Waals surface area (Å²) >= 11 is 0. The Morgan fingerprint density at radius 2 is 2.00 bits per heavy atom. The maximum absolute atomic E-state index is 12.1. The molecule has 120 valence electrons. The lowest BCUT2D eigenvalue weighted by molar-refractivity contribution is -0.120. The number of nitrogens with one attached hydrogen (secondary N) is 1. The van der Waals surface area contributed by atoms with Gasteiger partial charge in [0.25, 0.3) is 0 Å². The van der Waals surface area contributed by atoms with Crippen LogP contribution in [-0.2, 0) is 17.6 Å². The van der Waals surface area contributed by atoms with E-state index in [2.05, 4.69) is 37.4 Å². The van der Waals surface area contributed by atoms with E-state index in [9.17, 15) is 4.79 Å². The van der Waals surface area contributed by atoms with Gasteiger partial charge in [0.05, 0.1) is 13.0 Å². The first kappa shape index (κ1) is 15.6. The van der Waals surface area contributed by atoms with Crippen molar-refractivity contribution >= 4 is 5.91 Å². The first-order chi connectivity index (χ1) is 11.1. The highest BCUT2D eigenvalue weighted by molar-refractivity contribution is 5.78. The van der Waals surface area contributed by atoms with Gasteiger partial charge in [-0.05, 0) is 48.6 Å². The fraction of sp³-hybridized carbons (Fsp3) is 0.350. The van der Waals surface area contributed by atoms with E-state index >= 15 is 0 Å². The Hall–Kier alpha value is -2.29. The van der Waals surface area contributed by atoms with Crippen LogP contribution in [0, 0.1) is 19.8 Å². The van der Waals surface area contributed by atoms with Crippen LogP contribution >= 0.6 is 0 Å². The Labute approximate surface area is 137 Å². The van der Waals surface area contributed by atoms with E-state index in [-0.39, 0.29) is 5.91 Å². The average molecular weight is 309 g/mol. The summed E-state index contributed by atoms with van der Waals surface area (Å²) in [5, 5.41) is 3.05. The van der Waals surface area contributed by atoms with E-state index in [4.69, 9.17) is 4.74 Å². The molecule has 23 heavy (non-hydrogen) atoms. The van der Waals surface area contributed by atoms with Gasteiger partial charge in [-0.2, -0.15) is 0 Å². The van der Waals surface area contributed by atoms with Crippen LogP contribution in [-0.4, -0.2) is 19.1 Å². The number of benzene rings is 2. The van der Waals surface area contributed by atoms with Crippen molar-refractivity contribution in [3.8, 4) is 5.75 Å². The monoisotopic (exact) mass is 309 g/mol. The highest BCUT2D eigenvalue weighted by Gasteiger charge is 2.19. The maximum Gasteiger partial charge on any atom is 0.224 e. The molecule has 1 heterocycles. The van der Waals surface area contributed by atoms with Gasteiger partial charge in [0.2, 0.25) is 5.91 Å². The molecule has 0 spiro atoms. The molecule has 1 amide bonds. The van der Waals surface area contributed by atoms with Crippen LogP contribution in [0.1, 0.15) is 22.3 Å². The zero-order valence-corrected chi connectivity index (χ0v) is 13.8. The molecule has 0 radical (unpaired) electrons. The molecule has 1 aliphatic heterocycles. The second kappa shape index (κ2) is 6.86. The number of rotatable bonds is 4. The van der Waals surface area contributed by atoms with Crippen LogP contribution in [0.4, 0.5) is 0 Å². The molecule has 3 rings (SSSR count). The second-order valence-corrected chi connectivity index (χ2v) is 6.39. The minimum atomic E-state index is 0.0760. The van der Waals surface area contributed by atoms with Gasteiger partial charge in [-0.15, -0.1) is 0 Å². The third-order valence-electron chi connectivity index (χ3n) is 4.48. The molecule has 2 aromatic carbocycles. The predicted octanol–water partition coefficient (Wildman–Crippen LogP) is 3.21. The molecule has 0 bridgehead atoms. The van der Waals surface area contributed by atoms with Crippen molar-refractivity contribution in [1.29, 1.82) is 0 Å². The summed E-state index contributed by atoms with van der Waals surface area (Å²) in [6, 6.07) is 14.3. The second-order valence-electron chi connectivity index (χ2n) is 6.39. The van der Waals surface area contributed by atoms with Crippen molar-refractivity contribution in [1.82, 2.24) is 5.32 Å². The summed E-state index contributed by atoms with van der Waals surface area (Å²) in [5.41, 5.74) is 4.78. The first-order valence-corrected chi connectivity index (χ1v) is 8.15. The van der Waals surface area contributed by atoms with E-state index in [0.29, 0.717) is 25.5 Å². The van der Waals surface area contributed by atoms with Crippen molar-refractivity contribution < 1.29 is 9.53 Å². The third-order valence-corrected chi connectivity index (χ3v) is 4.48. The van der Waals surface area contributed by atoms with Gasteiger partial charge >= 0.3 is 0 Å².